The molecule has 0 radical (unpaired) electrons. The lowest BCUT2D eigenvalue weighted by atomic mass is 9.99. The third-order valence-electron chi connectivity index (χ3n) is 7.55. The number of hydrogen-bond acceptors (Lipinski definition) is 8. The van der Waals surface area contributed by atoms with Crippen LogP contribution in [0.15, 0.2) is 36.4 Å². The number of anilines is 2. The van der Waals surface area contributed by atoms with Gasteiger partial charge in [0.2, 0.25) is 0 Å². The van der Waals surface area contributed by atoms with E-state index in [1.807, 2.05) is 30.3 Å². The van der Waals surface area contributed by atoms with Crippen LogP contribution in [0.25, 0.3) is 0 Å². The summed E-state index contributed by atoms with van der Waals surface area (Å²) in [5.74, 6) is -1.12. The van der Waals surface area contributed by atoms with Crippen molar-refractivity contribution in [3.8, 4) is 5.75 Å². The predicted octanol–water partition coefficient (Wildman–Crippen LogP) is 6.23. The molecule has 2 aromatic rings. The van der Waals surface area contributed by atoms with Crippen LogP contribution >= 0.6 is 0 Å². The number of benzene rings is 2. The Kier molecular flexibility index (Phi) is 11.0. The number of carbonyl (C=O) groups is 3. The maximum atomic E-state index is 16.4. The van der Waals surface area contributed by atoms with Crippen LogP contribution in [0.3, 0.4) is 0 Å². The molecule has 0 unspecified atom stereocenters. The van der Waals surface area contributed by atoms with Crippen molar-refractivity contribution in [1.29, 1.82) is 0 Å². The third-order valence-corrected chi connectivity index (χ3v) is 7.55. The van der Waals surface area contributed by atoms with E-state index in [0.29, 0.717) is 19.8 Å². The van der Waals surface area contributed by atoms with Gasteiger partial charge in [-0.3, -0.25) is 9.69 Å². The number of rotatable bonds is 10. The molecule has 2 amide bonds. The first-order valence-corrected chi connectivity index (χ1v) is 15.7. The molecule has 2 aliphatic rings. The van der Waals surface area contributed by atoms with Gasteiger partial charge in [0, 0.05) is 44.4 Å². The highest BCUT2D eigenvalue weighted by Crippen LogP contribution is 2.43. The monoisotopic (exact) mass is 643 g/mol. The van der Waals surface area contributed by atoms with E-state index in [-0.39, 0.29) is 54.7 Å². The van der Waals surface area contributed by atoms with Crippen LogP contribution in [-0.2, 0) is 32.0 Å². The van der Waals surface area contributed by atoms with Gasteiger partial charge in [0.05, 0.1) is 11.7 Å². The summed E-state index contributed by atoms with van der Waals surface area (Å²) in [5, 5.41) is 13.2. The second-order valence-corrected chi connectivity index (χ2v) is 13.7. The van der Waals surface area contributed by atoms with E-state index in [9.17, 15) is 19.5 Å². The number of esters is 1. The molecule has 0 aromatic heterocycles. The molecule has 4 rings (SSSR count). The van der Waals surface area contributed by atoms with Gasteiger partial charge in [-0.05, 0) is 65.9 Å². The van der Waals surface area contributed by atoms with Crippen LogP contribution < -0.4 is 15.0 Å². The Morgan fingerprint density at radius 1 is 1.02 bits per heavy atom. The quantitative estimate of drug-likeness (QED) is 0.290. The summed E-state index contributed by atoms with van der Waals surface area (Å²) in [6.07, 6.45) is -0.332. The summed E-state index contributed by atoms with van der Waals surface area (Å²) in [4.78, 5) is 41.2. The van der Waals surface area contributed by atoms with E-state index >= 15 is 4.39 Å². The van der Waals surface area contributed by atoms with E-state index in [2.05, 4.69) is 5.32 Å². The highest BCUT2D eigenvalue weighted by molar-refractivity contribution is 5.92. The largest absolute Gasteiger partial charge is 0.487 e. The molecule has 11 nitrogen and oxygen atoms in total. The number of nitrogens with zero attached hydrogens (tertiary/aromatic N) is 2. The number of halogens is 1. The first kappa shape index (κ1) is 34.8. The Bertz CT molecular complexity index is 1380. The lowest BCUT2D eigenvalue weighted by Gasteiger charge is -2.34. The molecule has 1 atom stereocenters. The van der Waals surface area contributed by atoms with Crippen LogP contribution in [0, 0.1) is 11.7 Å². The molecule has 2 heterocycles. The second kappa shape index (κ2) is 14.6. The van der Waals surface area contributed by atoms with Gasteiger partial charge in [-0.1, -0.05) is 30.3 Å². The second-order valence-electron chi connectivity index (χ2n) is 13.7. The van der Waals surface area contributed by atoms with E-state index in [1.54, 1.807) is 41.5 Å². The zero-order valence-corrected chi connectivity index (χ0v) is 27.6. The third kappa shape index (κ3) is 9.48. The molecule has 0 spiro atoms. The number of hydrogen-bond donors (Lipinski definition) is 2. The van der Waals surface area contributed by atoms with Gasteiger partial charge in [0.15, 0.2) is 5.82 Å². The van der Waals surface area contributed by atoms with Gasteiger partial charge >= 0.3 is 18.2 Å². The fraction of sp³-hybridized carbons (Fsp3) is 0.559. The number of amides is 2. The highest BCUT2D eigenvalue weighted by atomic mass is 19.1. The first-order valence-electron chi connectivity index (χ1n) is 15.7. The van der Waals surface area contributed by atoms with E-state index in [1.165, 1.54) is 11.0 Å². The van der Waals surface area contributed by atoms with Gasteiger partial charge in [-0.25, -0.2) is 14.0 Å². The Morgan fingerprint density at radius 2 is 1.67 bits per heavy atom. The number of ether oxygens (including phenoxy) is 4. The van der Waals surface area contributed by atoms with Crippen molar-refractivity contribution in [3.05, 3.63) is 53.3 Å². The van der Waals surface area contributed by atoms with Crippen LogP contribution in [0.1, 0.15) is 65.5 Å². The predicted molar refractivity (Wildman–Crippen MR) is 171 cm³/mol. The molecular formula is C34H46FN3O8. The van der Waals surface area contributed by atoms with Crippen LogP contribution in [0.5, 0.6) is 5.75 Å². The Hall–Kier alpha value is -4.06. The first-order chi connectivity index (χ1) is 21.6. The Morgan fingerprint density at radius 3 is 2.28 bits per heavy atom. The maximum Gasteiger partial charge on any atom is 0.412 e. The normalized spacial score (nSPS) is 16.8. The van der Waals surface area contributed by atoms with Crippen molar-refractivity contribution in [2.45, 2.75) is 84.7 Å². The van der Waals surface area contributed by atoms with Crippen molar-refractivity contribution in [2.24, 2.45) is 5.92 Å². The number of fused-ring (bicyclic) bond motifs is 1. The molecule has 2 aliphatic heterocycles. The zero-order chi connectivity index (χ0) is 33.6. The van der Waals surface area contributed by atoms with E-state index in [0.717, 1.165) is 23.3 Å². The molecule has 0 saturated carbocycles. The standard InChI is InChI=1S/C34H46FN3O8/c1-33(2,3)45-28(39)18-36-30-27(44-21-23-10-8-7-9-11-23)17-26-25(29(30)35)16-24(38(26)31(40)41)20-37(32(42)46-34(4,5)6)19-22-12-14-43-15-13-22/h7-11,17,22,24,36H,12-16,18-21H2,1-6H3,(H,40,41)/t24-/m1/s1. The van der Waals surface area contributed by atoms with E-state index in [4.69, 9.17) is 18.9 Å². The zero-order valence-electron chi connectivity index (χ0n) is 27.6. The minimum Gasteiger partial charge on any atom is -0.487 e. The average Bonchev–Trinajstić information content (AvgIpc) is 3.33. The highest BCUT2D eigenvalue weighted by Gasteiger charge is 2.40. The molecule has 2 aromatic carbocycles. The average molecular weight is 644 g/mol. The van der Waals surface area contributed by atoms with Crippen molar-refractivity contribution in [2.75, 3.05) is 43.1 Å². The van der Waals surface area contributed by atoms with Crippen LogP contribution in [0.4, 0.5) is 25.4 Å². The van der Waals surface area contributed by atoms with Gasteiger partial charge in [-0.15, -0.1) is 0 Å². The van der Waals surface area contributed by atoms with Crippen molar-refractivity contribution < 1.29 is 42.8 Å². The van der Waals surface area contributed by atoms with Crippen LogP contribution in [0.2, 0.25) is 0 Å². The summed E-state index contributed by atoms with van der Waals surface area (Å²) in [7, 11) is 0. The SMILES string of the molecule is CC(C)(C)OC(=O)CNc1c(OCc2ccccc2)cc2c(c1F)C[C@H](CN(CC1CCOCC1)C(=O)OC(C)(C)C)N2C(=O)O. The minimum absolute atomic E-state index is 0.000620. The van der Waals surface area contributed by atoms with E-state index < -0.39 is 41.2 Å². The Labute approximate surface area is 269 Å². The van der Waals surface area contributed by atoms with Crippen LogP contribution in [-0.4, -0.2) is 78.3 Å². The fourth-order valence-electron chi connectivity index (χ4n) is 5.59. The molecule has 1 fully saturated rings. The van der Waals surface area contributed by atoms with Gasteiger partial charge in [-0.2, -0.15) is 0 Å². The molecule has 0 bridgehead atoms. The molecular weight excluding hydrogens is 597 g/mol. The summed E-state index contributed by atoms with van der Waals surface area (Å²) >= 11 is 0. The van der Waals surface area contributed by atoms with Gasteiger partial charge in [0.25, 0.3) is 0 Å². The molecule has 0 aliphatic carbocycles. The summed E-state index contributed by atoms with van der Waals surface area (Å²) in [5.41, 5.74) is -0.491. The van der Waals surface area contributed by atoms with Gasteiger partial charge in [0.1, 0.15) is 35.8 Å². The molecule has 1 saturated heterocycles. The summed E-state index contributed by atoms with van der Waals surface area (Å²) in [6.45, 7) is 11.8. The fourth-order valence-corrected chi connectivity index (χ4v) is 5.59. The van der Waals surface area contributed by atoms with Crippen molar-refractivity contribution in [3.63, 3.8) is 0 Å². The topological polar surface area (TPSA) is 127 Å². The van der Waals surface area contributed by atoms with Crippen molar-refractivity contribution in [1.82, 2.24) is 4.90 Å². The number of carboxylic acid groups (broad SMARTS) is 1. The number of nitrogens with one attached hydrogen (secondary N) is 1. The molecule has 12 heteroatoms. The molecule has 2 N–H and O–H groups in total. The minimum atomic E-state index is -1.29. The Balaban J connectivity index is 1.66. The molecule has 252 valence electrons. The van der Waals surface area contributed by atoms with Crippen molar-refractivity contribution >= 4 is 29.5 Å². The molecule has 46 heavy (non-hydrogen) atoms. The maximum absolute atomic E-state index is 16.4. The smallest absolute Gasteiger partial charge is 0.412 e. The lowest BCUT2D eigenvalue weighted by molar-refractivity contribution is -0.152. The lowest BCUT2D eigenvalue weighted by Crippen LogP contribution is -2.49. The van der Waals surface area contributed by atoms with Gasteiger partial charge < -0.3 is 34.3 Å². The number of carbonyl (C=O) groups excluding carboxylic acids is 2. The summed E-state index contributed by atoms with van der Waals surface area (Å²) in [6, 6.07) is 9.93. The summed E-state index contributed by atoms with van der Waals surface area (Å²) < 4.78 is 39.0.